The third-order valence-corrected chi connectivity index (χ3v) is 1.37. The fourth-order valence-electron chi connectivity index (χ4n) is 0.858. The number of allylic oxidation sites excluding steroid dienone is 2. The van der Waals surface area contributed by atoms with Crippen LogP contribution in [-0.4, -0.2) is 5.97 Å². The minimum atomic E-state index is -0.0886. The van der Waals surface area contributed by atoms with E-state index in [-0.39, 0.29) is 5.97 Å². The van der Waals surface area contributed by atoms with Crippen LogP contribution < -0.4 is 0 Å². The van der Waals surface area contributed by atoms with Crippen molar-refractivity contribution in [2.75, 3.05) is 0 Å². The van der Waals surface area contributed by atoms with Crippen LogP contribution in [-0.2, 0) is 9.53 Å². The first kappa shape index (κ1) is 6.33. The molecule has 1 aliphatic heterocycles. The Balaban J connectivity index is 2.51. The third-order valence-electron chi connectivity index (χ3n) is 1.37. The van der Waals surface area contributed by atoms with E-state index in [0.29, 0.717) is 6.42 Å². The summed E-state index contributed by atoms with van der Waals surface area (Å²) in [6, 6.07) is 0. The summed E-state index contributed by atoms with van der Waals surface area (Å²) < 4.78 is 4.86. The van der Waals surface area contributed by atoms with Crippen molar-refractivity contribution in [1.82, 2.24) is 0 Å². The molecule has 0 aromatic carbocycles. The predicted molar refractivity (Wildman–Crippen MR) is 33.7 cm³/mol. The molecule has 0 radical (unpaired) electrons. The van der Waals surface area contributed by atoms with Crippen LogP contribution in [0.4, 0.5) is 0 Å². The van der Waals surface area contributed by atoms with Gasteiger partial charge in [-0.25, -0.2) is 0 Å². The average molecular weight is 126 g/mol. The van der Waals surface area contributed by atoms with Crippen molar-refractivity contribution in [2.24, 2.45) is 0 Å². The molecule has 0 aromatic rings. The molecular weight excluding hydrogens is 116 g/mol. The summed E-state index contributed by atoms with van der Waals surface area (Å²) >= 11 is 0. The fourth-order valence-corrected chi connectivity index (χ4v) is 0.858. The molecule has 50 valence electrons. The topological polar surface area (TPSA) is 26.3 Å². The second kappa shape index (κ2) is 2.67. The molecule has 1 aliphatic rings. The smallest absolute Gasteiger partial charge is 0.310 e. The molecule has 0 bridgehead atoms. The van der Waals surface area contributed by atoms with E-state index in [2.05, 4.69) is 0 Å². The van der Waals surface area contributed by atoms with Crippen LogP contribution in [0.5, 0.6) is 0 Å². The molecule has 0 unspecified atom stereocenters. The number of hydrogen-bond donors (Lipinski definition) is 0. The van der Waals surface area contributed by atoms with Crippen molar-refractivity contribution in [3.05, 3.63) is 11.8 Å². The van der Waals surface area contributed by atoms with Gasteiger partial charge in [-0.2, -0.15) is 0 Å². The number of cyclic esters (lactones) is 1. The molecule has 1 rings (SSSR count). The summed E-state index contributed by atoms with van der Waals surface area (Å²) in [4.78, 5) is 10.6. The minimum Gasteiger partial charge on any atom is -0.431 e. The van der Waals surface area contributed by atoms with Crippen molar-refractivity contribution in [3.63, 3.8) is 0 Å². The lowest BCUT2D eigenvalue weighted by Crippen LogP contribution is -2.09. The van der Waals surface area contributed by atoms with Gasteiger partial charge in [-0.3, -0.25) is 4.79 Å². The van der Waals surface area contributed by atoms with Crippen LogP contribution in [0, 0.1) is 0 Å². The number of hydrogen-bond acceptors (Lipinski definition) is 2. The Morgan fingerprint density at radius 2 is 2.33 bits per heavy atom. The molecule has 9 heavy (non-hydrogen) atoms. The maximum atomic E-state index is 10.6. The lowest BCUT2D eigenvalue weighted by Gasteiger charge is -2.12. The summed E-state index contributed by atoms with van der Waals surface area (Å²) in [7, 11) is 0. The van der Waals surface area contributed by atoms with Gasteiger partial charge in [0.2, 0.25) is 0 Å². The predicted octanol–water partition coefficient (Wildman–Crippen LogP) is 1.62. The summed E-state index contributed by atoms with van der Waals surface area (Å²) in [6.07, 6.45) is 4.29. The van der Waals surface area contributed by atoms with E-state index in [1.54, 1.807) is 0 Å². The second-order valence-corrected chi connectivity index (χ2v) is 2.08. The number of esters is 1. The zero-order chi connectivity index (χ0) is 6.69. The van der Waals surface area contributed by atoms with Crippen molar-refractivity contribution in [1.29, 1.82) is 0 Å². The molecule has 1 heterocycles. The van der Waals surface area contributed by atoms with Gasteiger partial charge < -0.3 is 4.74 Å². The lowest BCUT2D eigenvalue weighted by atomic mass is 10.1. The fraction of sp³-hybridized carbons (Fsp3) is 0.571. The zero-order valence-electron chi connectivity index (χ0n) is 5.52. The Labute approximate surface area is 54.5 Å². The number of rotatable bonds is 0. The van der Waals surface area contributed by atoms with E-state index in [1.807, 2.05) is 13.0 Å². The van der Waals surface area contributed by atoms with Crippen molar-refractivity contribution in [3.8, 4) is 0 Å². The highest BCUT2D eigenvalue weighted by Crippen LogP contribution is 2.16. The molecule has 0 atom stereocenters. The normalized spacial score (nSPS) is 24.1. The quantitative estimate of drug-likeness (QED) is 0.461. The molecule has 1 saturated heterocycles. The standard InChI is InChI=1S/C7H10O2/c1-2-6-4-3-5-7(8)9-6/h2H,3-5H2,1H3. The van der Waals surface area contributed by atoms with Crippen molar-refractivity contribution < 1.29 is 9.53 Å². The maximum absolute atomic E-state index is 10.6. The largest absolute Gasteiger partial charge is 0.431 e. The maximum Gasteiger partial charge on any atom is 0.310 e. The first-order valence-corrected chi connectivity index (χ1v) is 3.19. The Hall–Kier alpha value is -0.790. The molecule has 0 saturated carbocycles. The summed E-state index contributed by atoms with van der Waals surface area (Å²) in [5, 5.41) is 0. The molecule has 2 heteroatoms. The molecule has 0 amide bonds. The molecule has 2 nitrogen and oxygen atoms in total. The molecule has 0 N–H and O–H groups in total. The van der Waals surface area contributed by atoms with E-state index >= 15 is 0 Å². The third kappa shape index (κ3) is 1.56. The number of carbonyl (C=O) groups is 1. The van der Waals surface area contributed by atoms with Gasteiger partial charge in [0, 0.05) is 12.8 Å². The molecule has 1 fully saturated rings. The second-order valence-electron chi connectivity index (χ2n) is 2.08. The van der Waals surface area contributed by atoms with E-state index in [4.69, 9.17) is 4.74 Å². The zero-order valence-corrected chi connectivity index (χ0v) is 5.52. The Morgan fingerprint density at radius 3 is 2.78 bits per heavy atom. The van der Waals surface area contributed by atoms with Crippen molar-refractivity contribution >= 4 is 5.97 Å². The Morgan fingerprint density at radius 1 is 1.56 bits per heavy atom. The Kier molecular flexibility index (Phi) is 1.88. The average Bonchev–Trinajstić information content (AvgIpc) is 1.88. The summed E-state index contributed by atoms with van der Waals surface area (Å²) in [5.74, 6) is 0.737. The van der Waals surface area contributed by atoms with E-state index < -0.39 is 0 Å². The number of ether oxygens (including phenoxy) is 1. The van der Waals surface area contributed by atoms with Crippen LogP contribution in [0.3, 0.4) is 0 Å². The van der Waals surface area contributed by atoms with Gasteiger partial charge in [0.1, 0.15) is 5.76 Å². The molecular formula is C7H10O2. The van der Waals surface area contributed by atoms with Gasteiger partial charge >= 0.3 is 5.97 Å². The first-order chi connectivity index (χ1) is 4.33. The highest BCUT2D eigenvalue weighted by molar-refractivity contribution is 5.71. The first-order valence-electron chi connectivity index (χ1n) is 3.19. The van der Waals surface area contributed by atoms with Gasteiger partial charge in [0.25, 0.3) is 0 Å². The van der Waals surface area contributed by atoms with E-state index in [9.17, 15) is 4.79 Å². The highest BCUT2D eigenvalue weighted by Gasteiger charge is 2.12. The van der Waals surface area contributed by atoms with Gasteiger partial charge in [-0.15, -0.1) is 0 Å². The molecule has 0 aromatic heterocycles. The molecule has 0 aliphatic carbocycles. The molecule has 0 spiro atoms. The van der Waals surface area contributed by atoms with E-state index in [0.717, 1.165) is 18.6 Å². The van der Waals surface area contributed by atoms with Gasteiger partial charge in [-0.05, 0) is 19.4 Å². The monoisotopic (exact) mass is 126 g/mol. The van der Waals surface area contributed by atoms with Crippen LogP contribution in [0.25, 0.3) is 0 Å². The van der Waals surface area contributed by atoms with Gasteiger partial charge in [0.05, 0.1) is 0 Å². The van der Waals surface area contributed by atoms with Crippen LogP contribution in [0.2, 0.25) is 0 Å². The lowest BCUT2D eigenvalue weighted by molar-refractivity contribution is -0.141. The van der Waals surface area contributed by atoms with Crippen LogP contribution in [0.15, 0.2) is 11.8 Å². The van der Waals surface area contributed by atoms with Gasteiger partial charge in [0.15, 0.2) is 0 Å². The summed E-state index contributed by atoms with van der Waals surface area (Å²) in [5.41, 5.74) is 0. The van der Waals surface area contributed by atoms with Gasteiger partial charge in [-0.1, -0.05) is 0 Å². The minimum absolute atomic E-state index is 0.0886. The van der Waals surface area contributed by atoms with Crippen LogP contribution >= 0.6 is 0 Å². The summed E-state index contributed by atoms with van der Waals surface area (Å²) in [6.45, 7) is 1.88. The number of carbonyl (C=O) groups excluding carboxylic acids is 1. The SMILES string of the molecule is CC=C1CCCC(=O)O1. The highest BCUT2D eigenvalue weighted by atomic mass is 16.5. The van der Waals surface area contributed by atoms with Crippen LogP contribution in [0.1, 0.15) is 26.2 Å². The van der Waals surface area contributed by atoms with Crippen molar-refractivity contribution in [2.45, 2.75) is 26.2 Å². The van der Waals surface area contributed by atoms with E-state index in [1.165, 1.54) is 0 Å². The Bertz CT molecular complexity index is 147.